The smallest absolute Gasteiger partial charge is 0.245 e. The Morgan fingerprint density at radius 2 is 1.93 bits per heavy atom. The molecule has 78 valence electrons. The van der Waals surface area contributed by atoms with Crippen LogP contribution >= 0.6 is 0 Å². The zero-order chi connectivity index (χ0) is 10.6. The molecule has 1 heterocycles. The van der Waals surface area contributed by atoms with E-state index >= 15 is 0 Å². The van der Waals surface area contributed by atoms with Crippen LogP contribution in [0.1, 0.15) is 18.3 Å². The minimum Gasteiger partial charge on any atom is -0.339 e. The highest BCUT2D eigenvalue weighted by Gasteiger charge is 2.08. The minimum atomic E-state index is 0.601. The first kappa shape index (κ1) is 10.8. The van der Waals surface area contributed by atoms with Gasteiger partial charge in [0.15, 0.2) is 0 Å². The minimum absolute atomic E-state index is 0.601. The molecule has 0 aliphatic carbocycles. The van der Waals surface area contributed by atoms with E-state index in [0.717, 1.165) is 24.5 Å². The molecule has 5 heteroatoms. The van der Waals surface area contributed by atoms with Gasteiger partial charge in [-0.1, -0.05) is 0 Å². The fourth-order valence-electron chi connectivity index (χ4n) is 1.13. The summed E-state index contributed by atoms with van der Waals surface area (Å²) in [5.41, 5.74) is 7.29. The summed E-state index contributed by atoms with van der Waals surface area (Å²) >= 11 is 0. The van der Waals surface area contributed by atoms with E-state index in [1.54, 1.807) is 0 Å². The zero-order valence-corrected chi connectivity index (χ0v) is 8.99. The fourth-order valence-corrected chi connectivity index (χ4v) is 1.13. The van der Waals surface area contributed by atoms with Gasteiger partial charge in [-0.05, 0) is 20.8 Å². The number of anilines is 1. The van der Waals surface area contributed by atoms with E-state index in [9.17, 15) is 0 Å². The summed E-state index contributed by atoms with van der Waals surface area (Å²) in [5, 5.41) is 8.07. The topological polar surface area (TPSA) is 67.9 Å². The lowest BCUT2D eigenvalue weighted by Gasteiger charge is -2.19. The summed E-state index contributed by atoms with van der Waals surface area (Å²) in [6.45, 7) is 8.10. The van der Waals surface area contributed by atoms with Crippen LogP contribution in [-0.2, 0) is 0 Å². The van der Waals surface area contributed by atoms with E-state index in [0.29, 0.717) is 12.5 Å². The maximum Gasteiger partial charge on any atom is 0.245 e. The van der Waals surface area contributed by atoms with Crippen molar-refractivity contribution in [2.75, 3.05) is 24.5 Å². The monoisotopic (exact) mass is 195 g/mol. The van der Waals surface area contributed by atoms with E-state index in [1.807, 2.05) is 25.7 Å². The number of hydrogen-bond donors (Lipinski definition) is 1. The second kappa shape index (κ2) is 4.85. The van der Waals surface area contributed by atoms with Gasteiger partial charge in [0, 0.05) is 19.6 Å². The van der Waals surface area contributed by atoms with Crippen molar-refractivity contribution in [1.82, 2.24) is 15.2 Å². The van der Waals surface area contributed by atoms with Crippen LogP contribution in [0.3, 0.4) is 0 Å². The Hall–Kier alpha value is -1.23. The van der Waals surface area contributed by atoms with E-state index < -0.39 is 0 Å². The first-order chi connectivity index (χ1) is 6.69. The molecular formula is C9H17N5. The molecule has 0 radical (unpaired) electrons. The molecule has 0 amide bonds. The molecule has 0 aliphatic heterocycles. The van der Waals surface area contributed by atoms with Gasteiger partial charge in [-0.25, -0.2) is 4.98 Å². The van der Waals surface area contributed by atoms with Crippen molar-refractivity contribution in [3.8, 4) is 0 Å². The molecule has 1 rings (SSSR count). The van der Waals surface area contributed by atoms with E-state index in [2.05, 4.69) is 15.2 Å². The van der Waals surface area contributed by atoms with Gasteiger partial charge in [0.1, 0.15) is 0 Å². The summed E-state index contributed by atoms with van der Waals surface area (Å²) < 4.78 is 0. The highest BCUT2D eigenvalue weighted by Crippen LogP contribution is 2.06. The fraction of sp³-hybridized carbons (Fsp3) is 0.667. The van der Waals surface area contributed by atoms with Gasteiger partial charge in [0.25, 0.3) is 0 Å². The maximum atomic E-state index is 5.49. The molecule has 0 fully saturated rings. The van der Waals surface area contributed by atoms with Crippen molar-refractivity contribution in [2.45, 2.75) is 20.8 Å². The van der Waals surface area contributed by atoms with Crippen LogP contribution in [0.25, 0.3) is 0 Å². The standard InChI is InChI=1S/C9H17N5/c1-4-14(6-5-10)9-11-7(2)8(3)12-13-9/h4-6,10H2,1-3H3. The molecule has 5 nitrogen and oxygen atoms in total. The third-order valence-corrected chi connectivity index (χ3v) is 2.14. The second-order valence-electron chi connectivity index (χ2n) is 3.15. The molecule has 2 N–H and O–H groups in total. The molecule has 0 bridgehead atoms. The van der Waals surface area contributed by atoms with Crippen molar-refractivity contribution < 1.29 is 0 Å². The lowest BCUT2D eigenvalue weighted by atomic mass is 10.4. The third kappa shape index (κ3) is 2.38. The SMILES string of the molecule is CCN(CCN)c1nnc(C)c(C)n1. The molecule has 1 aromatic heterocycles. The number of rotatable bonds is 4. The van der Waals surface area contributed by atoms with E-state index in [1.165, 1.54) is 0 Å². The average molecular weight is 195 g/mol. The molecule has 0 atom stereocenters. The lowest BCUT2D eigenvalue weighted by molar-refractivity contribution is 0.752. The molecule has 0 spiro atoms. The quantitative estimate of drug-likeness (QED) is 0.747. The summed E-state index contributed by atoms with van der Waals surface area (Å²) in [7, 11) is 0. The molecule has 0 aromatic carbocycles. The van der Waals surface area contributed by atoms with Crippen LogP contribution in [0.15, 0.2) is 0 Å². The summed E-state index contributed by atoms with van der Waals surface area (Å²) in [5.74, 6) is 0.668. The van der Waals surface area contributed by atoms with E-state index in [-0.39, 0.29) is 0 Å². The lowest BCUT2D eigenvalue weighted by Crippen LogP contribution is -2.31. The number of nitrogens with two attached hydrogens (primary N) is 1. The number of likely N-dealkylation sites (N-methyl/N-ethyl adjacent to an activating group) is 1. The van der Waals surface area contributed by atoms with E-state index in [4.69, 9.17) is 5.73 Å². The normalized spacial score (nSPS) is 10.3. The Morgan fingerprint density at radius 3 is 2.43 bits per heavy atom. The zero-order valence-electron chi connectivity index (χ0n) is 8.99. The second-order valence-corrected chi connectivity index (χ2v) is 3.15. The van der Waals surface area contributed by atoms with Crippen LogP contribution in [0.2, 0.25) is 0 Å². The Morgan fingerprint density at radius 1 is 1.21 bits per heavy atom. The number of hydrogen-bond acceptors (Lipinski definition) is 5. The van der Waals surface area contributed by atoms with Crippen molar-refractivity contribution in [3.05, 3.63) is 11.4 Å². The highest BCUT2D eigenvalue weighted by molar-refractivity contribution is 5.29. The highest BCUT2D eigenvalue weighted by atomic mass is 15.3. The van der Waals surface area contributed by atoms with Gasteiger partial charge in [-0.3, -0.25) is 0 Å². The molecule has 1 aromatic rings. The summed E-state index contributed by atoms with van der Waals surface area (Å²) in [6.07, 6.45) is 0. The van der Waals surface area contributed by atoms with Crippen molar-refractivity contribution in [2.24, 2.45) is 5.73 Å². The van der Waals surface area contributed by atoms with Gasteiger partial charge in [0.2, 0.25) is 5.95 Å². The third-order valence-electron chi connectivity index (χ3n) is 2.14. The first-order valence-electron chi connectivity index (χ1n) is 4.82. The maximum absolute atomic E-state index is 5.49. The van der Waals surface area contributed by atoms with Gasteiger partial charge in [0.05, 0.1) is 11.4 Å². The Balaban J connectivity index is 2.88. The van der Waals surface area contributed by atoms with Gasteiger partial charge in [-0.15, -0.1) is 5.10 Å². The van der Waals surface area contributed by atoms with Crippen molar-refractivity contribution >= 4 is 5.95 Å². The molecule has 0 saturated carbocycles. The Kier molecular flexibility index (Phi) is 3.76. The van der Waals surface area contributed by atoms with Gasteiger partial charge in [-0.2, -0.15) is 5.10 Å². The molecule has 0 aliphatic rings. The molecule has 0 saturated heterocycles. The summed E-state index contributed by atoms with van der Waals surface area (Å²) in [4.78, 5) is 6.37. The van der Waals surface area contributed by atoms with Crippen LogP contribution in [0.4, 0.5) is 5.95 Å². The molecular weight excluding hydrogens is 178 g/mol. The Bertz CT molecular complexity index is 299. The average Bonchev–Trinajstić information content (AvgIpc) is 2.19. The number of aromatic nitrogens is 3. The van der Waals surface area contributed by atoms with Crippen LogP contribution in [0.5, 0.6) is 0 Å². The number of aryl methyl sites for hydroxylation is 2. The van der Waals surface area contributed by atoms with Crippen molar-refractivity contribution in [1.29, 1.82) is 0 Å². The summed E-state index contributed by atoms with van der Waals surface area (Å²) in [6, 6.07) is 0. The van der Waals surface area contributed by atoms with Gasteiger partial charge >= 0.3 is 0 Å². The first-order valence-corrected chi connectivity index (χ1v) is 4.82. The molecule has 14 heavy (non-hydrogen) atoms. The largest absolute Gasteiger partial charge is 0.339 e. The molecule has 0 unspecified atom stereocenters. The van der Waals surface area contributed by atoms with Crippen LogP contribution in [0, 0.1) is 13.8 Å². The van der Waals surface area contributed by atoms with Crippen LogP contribution in [-0.4, -0.2) is 34.8 Å². The number of nitrogens with zero attached hydrogens (tertiary/aromatic N) is 4. The predicted octanol–water partition coefficient (Wildman–Crippen LogP) is 0.273. The Labute approximate surface area is 84.3 Å². The predicted molar refractivity (Wildman–Crippen MR) is 56.2 cm³/mol. The van der Waals surface area contributed by atoms with Gasteiger partial charge < -0.3 is 10.6 Å². The van der Waals surface area contributed by atoms with Crippen molar-refractivity contribution in [3.63, 3.8) is 0 Å². The van der Waals surface area contributed by atoms with Crippen LogP contribution < -0.4 is 10.6 Å².